The van der Waals surface area contributed by atoms with Gasteiger partial charge in [-0.15, -0.1) is 0 Å². The standard InChI is InChI=1S/C14H22O2/c1-4-5-8-13-9-6-7-10-14(13)16-12(3)11(2)15/h6-7,9-12,15H,4-5,8H2,1-3H3. The summed E-state index contributed by atoms with van der Waals surface area (Å²) < 4.78 is 5.75. The Hall–Kier alpha value is -1.02. The number of para-hydroxylation sites is 1. The van der Waals surface area contributed by atoms with E-state index in [2.05, 4.69) is 13.0 Å². The van der Waals surface area contributed by atoms with E-state index in [9.17, 15) is 5.11 Å². The number of unbranched alkanes of at least 4 members (excludes halogenated alkanes) is 1. The molecular weight excluding hydrogens is 200 g/mol. The van der Waals surface area contributed by atoms with Crippen LogP contribution in [0.1, 0.15) is 39.2 Å². The summed E-state index contributed by atoms with van der Waals surface area (Å²) in [6.45, 7) is 5.82. The van der Waals surface area contributed by atoms with Crippen LogP contribution in [0.5, 0.6) is 5.75 Å². The van der Waals surface area contributed by atoms with Crippen LogP contribution in [0.15, 0.2) is 24.3 Å². The van der Waals surface area contributed by atoms with E-state index in [1.165, 1.54) is 18.4 Å². The molecule has 1 rings (SSSR count). The smallest absolute Gasteiger partial charge is 0.123 e. The summed E-state index contributed by atoms with van der Waals surface area (Å²) in [5.74, 6) is 0.907. The molecule has 0 saturated heterocycles. The van der Waals surface area contributed by atoms with Crippen LogP contribution in [0.4, 0.5) is 0 Å². The van der Waals surface area contributed by atoms with Gasteiger partial charge in [0.2, 0.25) is 0 Å². The van der Waals surface area contributed by atoms with Gasteiger partial charge in [0.1, 0.15) is 11.9 Å². The SMILES string of the molecule is CCCCc1ccccc1OC(C)C(C)O. The molecule has 0 amide bonds. The Bertz CT molecular complexity index is 307. The van der Waals surface area contributed by atoms with E-state index in [-0.39, 0.29) is 6.10 Å². The Labute approximate surface area is 98.3 Å². The number of rotatable bonds is 6. The Morgan fingerprint density at radius 2 is 1.94 bits per heavy atom. The van der Waals surface area contributed by atoms with Crippen molar-refractivity contribution < 1.29 is 9.84 Å². The molecule has 0 aliphatic rings. The molecule has 0 aliphatic heterocycles. The minimum atomic E-state index is -0.445. The predicted molar refractivity (Wildman–Crippen MR) is 66.8 cm³/mol. The molecule has 0 fully saturated rings. The van der Waals surface area contributed by atoms with Crippen molar-refractivity contribution in [3.8, 4) is 5.75 Å². The van der Waals surface area contributed by atoms with Crippen LogP contribution < -0.4 is 4.74 Å². The topological polar surface area (TPSA) is 29.5 Å². The van der Waals surface area contributed by atoms with Gasteiger partial charge in [-0.3, -0.25) is 0 Å². The number of hydrogen-bond acceptors (Lipinski definition) is 2. The fraction of sp³-hybridized carbons (Fsp3) is 0.571. The zero-order chi connectivity index (χ0) is 12.0. The number of aliphatic hydroxyl groups is 1. The molecule has 16 heavy (non-hydrogen) atoms. The molecule has 90 valence electrons. The van der Waals surface area contributed by atoms with Gasteiger partial charge in [0.05, 0.1) is 6.10 Å². The highest BCUT2D eigenvalue weighted by molar-refractivity contribution is 5.33. The van der Waals surface area contributed by atoms with Gasteiger partial charge in [-0.05, 0) is 38.3 Å². The number of aliphatic hydroxyl groups excluding tert-OH is 1. The normalized spacial score (nSPS) is 14.5. The third-order valence-electron chi connectivity index (χ3n) is 2.76. The first-order valence-electron chi connectivity index (χ1n) is 6.07. The summed E-state index contributed by atoms with van der Waals surface area (Å²) in [4.78, 5) is 0. The van der Waals surface area contributed by atoms with E-state index < -0.39 is 6.10 Å². The van der Waals surface area contributed by atoms with E-state index in [4.69, 9.17) is 4.74 Å². The zero-order valence-electron chi connectivity index (χ0n) is 10.4. The minimum Gasteiger partial charge on any atom is -0.488 e. The molecule has 0 aromatic heterocycles. The minimum absolute atomic E-state index is 0.164. The second-order valence-electron chi connectivity index (χ2n) is 4.27. The highest BCUT2D eigenvalue weighted by atomic mass is 16.5. The fourth-order valence-electron chi connectivity index (χ4n) is 1.49. The zero-order valence-corrected chi connectivity index (χ0v) is 10.4. The maximum atomic E-state index is 9.42. The summed E-state index contributed by atoms with van der Waals surface area (Å²) in [5.41, 5.74) is 1.23. The molecule has 0 radical (unpaired) electrons. The van der Waals surface area contributed by atoms with Gasteiger partial charge in [-0.2, -0.15) is 0 Å². The van der Waals surface area contributed by atoms with Gasteiger partial charge in [-0.25, -0.2) is 0 Å². The average molecular weight is 222 g/mol. The lowest BCUT2D eigenvalue weighted by atomic mass is 10.1. The van der Waals surface area contributed by atoms with Gasteiger partial charge in [-0.1, -0.05) is 31.5 Å². The molecule has 2 heteroatoms. The summed E-state index contributed by atoms with van der Waals surface area (Å²) in [7, 11) is 0. The van der Waals surface area contributed by atoms with Crippen LogP contribution in [0.3, 0.4) is 0 Å². The number of ether oxygens (including phenoxy) is 1. The molecule has 0 spiro atoms. The van der Waals surface area contributed by atoms with E-state index >= 15 is 0 Å². The first kappa shape index (κ1) is 13.0. The molecule has 0 saturated carbocycles. The highest BCUT2D eigenvalue weighted by Gasteiger charge is 2.12. The van der Waals surface area contributed by atoms with Crippen molar-refractivity contribution in [2.24, 2.45) is 0 Å². The Kier molecular flexibility index (Phi) is 5.33. The second-order valence-corrected chi connectivity index (χ2v) is 4.27. The van der Waals surface area contributed by atoms with Gasteiger partial charge in [0, 0.05) is 0 Å². The average Bonchev–Trinajstić information content (AvgIpc) is 2.27. The van der Waals surface area contributed by atoms with Crippen molar-refractivity contribution in [2.45, 2.75) is 52.2 Å². The van der Waals surface area contributed by atoms with Crippen molar-refractivity contribution in [3.05, 3.63) is 29.8 Å². The van der Waals surface area contributed by atoms with E-state index in [1.54, 1.807) is 6.92 Å². The Balaban J connectivity index is 2.70. The third kappa shape index (κ3) is 3.86. The first-order valence-corrected chi connectivity index (χ1v) is 6.07. The van der Waals surface area contributed by atoms with Crippen LogP contribution in [-0.4, -0.2) is 17.3 Å². The number of aryl methyl sites for hydroxylation is 1. The molecule has 1 aromatic carbocycles. The highest BCUT2D eigenvalue weighted by Crippen LogP contribution is 2.21. The fourth-order valence-corrected chi connectivity index (χ4v) is 1.49. The molecule has 0 heterocycles. The third-order valence-corrected chi connectivity index (χ3v) is 2.76. The lowest BCUT2D eigenvalue weighted by Gasteiger charge is -2.19. The van der Waals surface area contributed by atoms with Crippen LogP contribution in [0.2, 0.25) is 0 Å². The lowest BCUT2D eigenvalue weighted by molar-refractivity contribution is 0.0598. The van der Waals surface area contributed by atoms with Crippen LogP contribution in [-0.2, 0) is 6.42 Å². The van der Waals surface area contributed by atoms with Crippen LogP contribution in [0, 0.1) is 0 Å². The van der Waals surface area contributed by atoms with Gasteiger partial charge >= 0.3 is 0 Å². The Morgan fingerprint density at radius 3 is 2.56 bits per heavy atom. The molecule has 2 unspecified atom stereocenters. The van der Waals surface area contributed by atoms with E-state index in [0.717, 1.165) is 12.2 Å². The predicted octanol–water partition coefficient (Wildman–Crippen LogP) is 3.18. The number of hydrogen-bond donors (Lipinski definition) is 1. The van der Waals surface area contributed by atoms with E-state index in [1.807, 2.05) is 25.1 Å². The van der Waals surface area contributed by atoms with Crippen LogP contribution >= 0.6 is 0 Å². The second kappa shape index (κ2) is 6.54. The van der Waals surface area contributed by atoms with Crippen molar-refractivity contribution in [1.29, 1.82) is 0 Å². The summed E-state index contributed by atoms with van der Waals surface area (Å²) in [5, 5.41) is 9.42. The largest absolute Gasteiger partial charge is 0.488 e. The van der Waals surface area contributed by atoms with Crippen molar-refractivity contribution >= 4 is 0 Å². The maximum Gasteiger partial charge on any atom is 0.123 e. The van der Waals surface area contributed by atoms with Gasteiger partial charge < -0.3 is 9.84 Å². The summed E-state index contributed by atoms with van der Waals surface area (Å²) in [6, 6.07) is 8.08. The first-order chi connectivity index (χ1) is 7.65. The molecule has 0 aliphatic carbocycles. The monoisotopic (exact) mass is 222 g/mol. The molecule has 0 bridgehead atoms. The van der Waals surface area contributed by atoms with E-state index in [0.29, 0.717) is 0 Å². The summed E-state index contributed by atoms with van der Waals surface area (Å²) >= 11 is 0. The number of benzene rings is 1. The molecular formula is C14H22O2. The van der Waals surface area contributed by atoms with Crippen LogP contribution in [0.25, 0.3) is 0 Å². The molecule has 1 N–H and O–H groups in total. The summed E-state index contributed by atoms with van der Waals surface area (Å²) in [6.07, 6.45) is 2.78. The van der Waals surface area contributed by atoms with Gasteiger partial charge in [0.15, 0.2) is 0 Å². The molecule has 1 aromatic rings. The van der Waals surface area contributed by atoms with Gasteiger partial charge in [0.25, 0.3) is 0 Å². The van der Waals surface area contributed by atoms with Crippen molar-refractivity contribution in [3.63, 3.8) is 0 Å². The molecule has 2 nitrogen and oxygen atoms in total. The van der Waals surface area contributed by atoms with Crippen molar-refractivity contribution in [2.75, 3.05) is 0 Å². The maximum absolute atomic E-state index is 9.42. The quantitative estimate of drug-likeness (QED) is 0.801. The molecule has 2 atom stereocenters. The lowest BCUT2D eigenvalue weighted by Crippen LogP contribution is -2.26. The Morgan fingerprint density at radius 1 is 1.25 bits per heavy atom. The van der Waals surface area contributed by atoms with Crippen molar-refractivity contribution in [1.82, 2.24) is 0 Å².